The molecular formula is C14H20N2O2. The number of morpholine rings is 1. The van der Waals surface area contributed by atoms with Crippen LogP contribution < -0.4 is 5.73 Å². The first-order valence-electron chi connectivity index (χ1n) is 6.40. The summed E-state index contributed by atoms with van der Waals surface area (Å²) >= 11 is 0. The van der Waals surface area contributed by atoms with Crippen molar-refractivity contribution in [3.63, 3.8) is 0 Å². The Hall–Kier alpha value is -1.39. The van der Waals surface area contributed by atoms with E-state index in [1.165, 1.54) is 0 Å². The summed E-state index contributed by atoms with van der Waals surface area (Å²) in [5.74, 6) is 0.284. The minimum Gasteiger partial charge on any atom is -0.399 e. The summed E-state index contributed by atoms with van der Waals surface area (Å²) in [5.41, 5.74) is 7.38. The number of Topliss-reactive ketones (excluding diaryl/α,β-unsaturated/α-hetero) is 1. The van der Waals surface area contributed by atoms with Gasteiger partial charge in [0.2, 0.25) is 0 Å². The maximum Gasteiger partial charge on any atom is 0.138 e. The van der Waals surface area contributed by atoms with Gasteiger partial charge in [0.05, 0.1) is 13.2 Å². The zero-order chi connectivity index (χ0) is 12.8. The fourth-order valence-electron chi connectivity index (χ4n) is 2.06. The molecule has 2 N–H and O–H groups in total. The van der Waals surface area contributed by atoms with Crippen LogP contribution in [0.15, 0.2) is 24.3 Å². The van der Waals surface area contributed by atoms with E-state index in [1.54, 1.807) is 0 Å². The molecule has 1 aromatic rings. The van der Waals surface area contributed by atoms with E-state index in [9.17, 15) is 4.79 Å². The van der Waals surface area contributed by atoms with Crippen molar-refractivity contribution in [2.75, 3.05) is 38.6 Å². The van der Waals surface area contributed by atoms with E-state index in [1.807, 2.05) is 24.3 Å². The molecule has 2 rings (SSSR count). The first-order valence-corrected chi connectivity index (χ1v) is 6.40. The molecule has 0 spiro atoms. The first kappa shape index (κ1) is 13.1. The Bertz CT molecular complexity index is 383. The molecule has 0 aliphatic carbocycles. The van der Waals surface area contributed by atoms with E-state index in [0.717, 1.165) is 44.1 Å². The third-order valence-corrected chi connectivity index (χ3v) is 3.19. The van der Waals surface area contributed by atoms with Crippen LogP contribution in [0, 0.1) is 0 Å². The molecule has 1 aliphatic heterocycles. The highest BCUT2D eigenvalue weighted by Gasteiger charge is 2.12. The molecule has 1 fully saturated rings. The summed E-state index contributed by atoms with van der Waals surface area (Å²) in [6.45, 7) is 4.29. The number of hydrogen-bond acceptors (Lipinski definition) is 4. The maximum absolute atomic E-state index is 11.9. The molecule has 0 amide bonds. The van der Waals surface area contributed by atoms with Crippen LogP contribution in [0.4, 0.5) is 5.69 Å². The highest BCUT2D eigenvalue weighted by Crippen LogP contribution is 2.08. The largest absolute Gasteiger partial charge is 0.399 e. The number of nitrogens with zero attached hydrogens (tertiary/aromatic N) is 1. The minimum atomic E-state index is 0.284. The average Bonchev–Trinajstić information content (AvgIpc) is 2.40. The van der Waals surface area contributed by atoms with E-state index in [0.29, 0.717) is 12.8 Å². The fourth-order valence-corrected chi connectivity index (χ4v) is 2.06. The van der Waals surface area contributed by atoms with Crippen molar-refractivity contribution < 1.29 is 9.53 Å². The highest BCUT2D eigenvalue weighted by molar-refractivity contribution is 5.81. The SMILES string of the molecule is Nc1ccc(CC(=O)CCN2CCOCC2)cc1. The van der Waals surface area contributed by atoms with Gasteiger partial charge in [-0.3, -0.25) is 9.69 Å². The van der Waals surface area contributed by atoms with E-state index in [4.69, 9.17) is 10.5 Å². The van der Waals surface area contributed by atoms with Gasteiger partial charge in [-0.1, -0.05) is 12.1 Å². The van der Waals surface area contributed by atoms with E-state index >= 15 is 0 Å². The molecule has 98 valence electrons. The van der Waals surface area contributed by atoms with Crippen LogP contribution in [-0.2, 0) is 16.0 Å². The lowest BCUT2D eigenvalue weighted by Crippen LogP contribution is -2.37. The van der Waals surface area contributed by atoms with Gasteiger partial charge >= 0.3 is 0 Å². The van der Waals surface area contributed by atoms with Crippen LogP contribution in [-0.4, -0.2) is 43.5 Å². The molecule has 18 heavy (non-hydrogen) atoms. The van der Waals surface area contributed by atoms with Gasteiger partial charge in [0.15, 0.2) is 0 Å². The van der Waals surface area contributed by atoms with Crippen LogP contribution in [0.3, 0.4) is 0 Å². The molecule has 0 aromatic heterocycles. The van der Waals surface area contributed by atoms with Crippen LogP contribution in [0.2, 0.25) is 0 Å². The summed E-state index contributed by atoms with van der Waals surface area (Å²) in [6.07, 6.45) is 1.12. The van der Waals surface area contributed by atoms with Gasteiger partial charge in [-0.2, -0.15) is 0 Å². The molecule has 1 aliphatic rings. The number of ketones is 1. The van der Waals surface area contributed by atoms with E-state index < -0.39 is 0 Å². The number of ether oxygens (including phenoxy) is 1. The van der Waals surface area contributed by atoms with E-state index in [-0.39, 0.29) is 5.78 Å². The molecule has 4 heteroatoms. The monoisotopic (exact) mass is 248 g/mol. The lowest BCUT2D eigenvalue weighted by molar-refractivity contribution is -0.119. The van der Waals surface area contributed by atoms with Crippen molar-refractivity contribution in [1.29, 1.82) is 0 Å². The smallest absolute Gasteiger partial charge is 0.138 e. The highest BCUT2D eigenvalue weighted by atomic mass is 16.5. The average molecular weight is 248 g/mol. The van der Waals surface area contributed by atoms with Crippen LogP contribution in [0.1, 0.15) is 12.0 Å². The lowest BCUT2D eigenvalue weighted by Gasteiger charge is -2.26. The Balaban J connectivity index is 1.73. The van der Waals surface area contributed by atoms with Crippen molar-refractivity contribution in [2.45, 2.75) is 12.8 Å². The standard InChI is InChI=1S/C14H20N2O2/c15-13-3-1-12(2-4-13)11-14(17)5-6-16-7-9-18-10-8-16/h1-4H,5-11,15H2. The number of anilines is 1. The molecule has 0 saturated carbocycles. The molecule has 0 bridgehead atoms. The Morgan fingerprint density at radius 3 is 2.56 bits per heavy atom. The zero-order valence-corrected chi connectivity index (χ0v) is 10.6. The number of carbonyl (C=O) groups excluding carboxylic acids is 1. The number of carbonyl (C=O) groups is 1. The molecular weight excluding hydrogens is 228 g/mol. The van der Waals surface area contributed by atoms with E-state index in [2.05, 4.69) is 4.90 Å². The van der Waals surface area contributed by atoms with Gasteiger partial charge in [-0.25, -0.2) is 0 Å². The molecule has 1 aromatic carbocycles. The molecule has 1 heterocycles. The Kier molecular flexibility index (Phi) is 4.73. The summed E-state index contributed by atoms with van der Waals surface area (Å²) < 4.78 is 5.27. The summed E-state index contributed by atoms with van der Waals surface area (Å²) in [7, 11) is 0. The molecule has 1 saturated heterocycles. The predicted molar refractivity (Wildman–Crippen MR) is 71.4 cm³/mol. The molecule has 4 nitrogen and oxygen atoms in total. The van der Waals surface area contributed by atoms with Crippen molar-refractivity contribution in [2.24, 2.45) is 0 Å². The third kappa shape index (κ3) is 4.13. The van der Waals surface area contributed by atoms with Gasteiger partial charge in [0.25, 0.3) is 0 Å². The van der Waals surface area contributed by atoms with Crippen molar-refractivity contribution in [3.05, 3.63) is 29.8 Å². The molecule has 0 atom stereocenters. The Morgan fingerprint density at radius 1 is 1.22 bits per heavy atom. The van der Waals surface area contributed by atoms with Gasteiger partial charge in [-0.05, 0) is 17.7 Å². The lowest BCUT2D eigenvalue weighted by atomic mass is 10.1. The number of rotatable bonds is 5. The predicted octanol–water partition coefficient (Wildman–Crippen LogP) is 1.10. The topological polar surface area (TPSA) is 55.6 Å². The second kappa shape index (κ2) is 6.52. The number of nitrogen functional groups attached to an aromatic ring is 1. The fraction of sp³-hybridized carbons (Fsp3) is 0.500. The molecule has 0 unspecified atom stereocenters. The van der Waals surface area contributed by atoms with Crippen molar-refractivity contribution in [3.8, 4) is 0 Å². The van der Waals surface area contributed by atoms with Crippen molar-refractivity contribution >= 4 is 11.5 Å². The normalized spacial score (nSPS) is 16.7. The Labute approximate surface area is 108 Å². The van der Waals surface area contributed by atoms with Crippen LogP contribution in [0.25, 0.3) is 0 Å². The maximum atomic E-state index is 11.9. The molecule has 0 radical (unpaired) electrons. The quantitative estimate of drug-likeness (QED) is 0.793. The van der Waals surface area contributed by atoms with Crippen LogP contribution >= 0.6 is 0 Å². The summed E-state index contributed by atoms with van der Waals surface area (Å²) in [5, 5.41) is 0. The van der Waals surface area contributed by atoms with Gasteiger partial charge in [0.1, 0.15) is 5.78 Å². The zero-order valence-electron chi connectivity index (χ0n) is 10.6. The van der Waals surface area contributed by atoms with Crippen LogP contribution in [0.5, 0.6) is 0 Å². The second-order valence-electron chi connectivity index (χ2n) is 4.66. The Morgan fingerprint density at radius 2 is 1.89 bits per heavy atom. The summed E-state index contributed by atoms with van der Waals surface area (Å²) in [4.78, 5) is 14.1. The first-order chi connectivity index (χ1) is 8.74. The van der Waals surface area contributed by atoms with Gasteiger partial charge in [-0.15, -0.1) is 0 Å². The number of nitrogens with two attached hydrogens (primary N) is 1. The van der Waals surface area contributed by atoms with Gasteiger partial charge in [0, 0.05) is 38.2 Å². The minimum absolute atomic E-state index is 0.284. The number of hydrogen-bond donors (Lipinski definition) is 1. The van der Waals surface area contributed by atoms with Crippen molar-refractivity contribution in [1.82, 2.24) is 4.90 Å². The summed E-state index contributed by atoms with van der Waals surface area (Å²) in [6, 6.07) is 7.51. The number of benzene rings is 1. The third-order valence-electron chi connectivity index (χ3n) is 3.19. The van der Waals surface area contributed by atoms with Gasteiger partial charge < -0.3 is 10.5 Å². The second-order valence-corrected chi connectivity index (χ2v) is 4.66.